The lowest BCUT2D eigenvalue weighted by molar-refractivity contribution is 0.671. The number of benzene rings is 8. The van der Waals surface area contributed by atoms with Crippen LogP contribution in [0.4, 0.5) is 0 Å². The SMILES string of the molecule is c1ccc(-c2nnc(-c3cccc4c3c3ccccc3n4-c3cccc(-n4c5ccccc5c5ccc6c7ccccc7oc6c54)c3)n2-c2ccccc2)cc1. The van der Waals surface area contributed by atoms with E-state index in [1.165, 1.54) is 5.39 Å². The molecule has 0 aliphatic rings. The minimum Gasteiger partial charge on any atom is -0.454 e. The van der Waals surface area contributed by atoms with Gasteiger partial charge in [0.2, 0.25) is 0 Å². The molecule has 4 aromatic heterocycles. The number of rotatable bonds is 5. The zero-order valence-electron chi connectivity index (χ0n) is 30.0. The number of fused-ring (bicyclic) bond motifs is 10. The molecule has 6 nitrogen and oxygen atoms in total. The first kappa shape index (κ1) is 30.7. The summed E-state index contributed by atoms with van der Waals surface area (Å²) in [5.41, 5.74) is 11.3. The Morgan fingerprint density at radius 3 is 1.79 bits per heavy atom. The molecule has 0 saturated heterocycles. The highest BCUT2D eigenvalue weighted by atomic mass is 16.3. The van der Waals surface area contributed by atoms with E-state index in [2.05, 4.69) is 171 Å². The van der Waals surface area contributed by atoms with Gasteiger partial charge in [-0.25, -0.2) is 0 Å². The first-order chi connectivity index (χ1) is 27.8. The normalized spacial score (nSPS) is 11.9. The molecule has 0 unspecified atom stereocenters. The lowest BCUT2D eigenvalue weighted by Crippen LogP contribution is -2.01. The third-order valence-electron chi connectivity index (χ3n) is 11.2. The second-order valence-electron chi connectivity index (χ2n) is 14.2. The summed E-state index contributed by atoms with van der Waals surface area (Å²) in [6, 6.07) is 66.1. The average Bonchev–Trinajstić information content (AvgIpc) is 4.04. The molecule has 4 heterocycles. The fourth-order valence-corrected chi connectivity index (χ4v) is 8.81. The molecular formula is C50H31N5O. The van der Waals surface area contributed by atoms with Crippen molar-refractivity contribution in [2.45, 2.75) is 0 Å². The van der Waals surface area contributed by atoms with Crippen molar-refractivity contribution in [3.8, 4) is 39.8 Å². The number of hydrogen-bond acceptors (Lipinski definition) is 3. The molecule has 12 rings (SSSR count). The zero-order valence-corrected chi connectivity index (χ0v) is 30.0. The third-order valence-corrected chi connectivity index (χ3v) is 11.2. The fraction of sp³-hybridized carbons (Fsp3) is 0. The van der Waals surface area contributed by atoms with Gasteiger partial charge in [0, 0.05) is 60.5 Å². The lowest BCUT2D eigenvalue weighted by atomic mass is 10.1. The van der Waals surface area contributed by atoms with Crippen molar-refractivity contribution in [3.63, 3.8) is 0 Å². The molecule has 0 radical (unpaired) electrons. The van der Waals surface area contributed by atoms with Crippen molar-refractivity contribution in [2.75, 3.05) is 0 Å². The summed E-state index contributed by atoms with van der Waals surface area (Å²) in [6.45, 7) is 0. The quantitative estimate of drug-likeness (QED) is 0.178. The van der Waals surface area contributed by atoms with Gasteiger partial charge < -0.3 is 13.6 Å². The van der Waals surface area contributed by atoms with E-state index in [-0.39, 0.29) is 0 Å². The van der Waals surface area contributed by atoms with E-state index >= 15 is 0 Å². The standard InChI is InChI=1S/C50H31N5O/c1-3-15-32(16-4-1)49-51-52-50(55(49)33-17-5-2-6-18-33)41-24-14-27-44-46(41)40-23-8-11-26-43(40)53(44)34-19-13-20-35(31-34)54-42-25-10-7-21-36(42)38-29-30-39-37-22-9-12-28-45(37)56-48(39)47(38)54/h1-31H. The van der Waals surface area contributed by atoms with Crippen LogP contribution in [0, 0.1) is 0 Å². The van der Waals surface area contributed by atoms with Crippen LogP contribution in [0.2, 0.25) is 0 Å². The molecule has 0 aliphatic heterocycles. The summed E-state index contributed by atoms with van der Waals surface area (Å²) in [7, 11) is 0. The Labute approximate surface area is 320 Å². The van der Waals surface area contributed by atoms with Crippen LogP contribution in [0.5, 0.6) is 0 Å². The molecule has 0 spiro atoms. The van der Waals surface area contributed by atoms with Gasteiger partial charge in [0.1, 0.15) is 5.58 Å². The second-order valence-corrected chi connectivity index (χ2v) is 14.2. The molecule has 0 fully saturated rings. The highest BCUT2D eigenvalue weighted by molar-refractivity contribution is 6.21. The predicted octanol–water partition coefficient (Wildman–Crippen LogP) is 12.7. The summed E-state index contributed by atoms with van der Waals surface area (Å²) in [5, 5.41) is 16.6. The number of furan rings is 1. The largest absolute Gasteiger partial charge is 0.454 e. The average molecular weight is 718 g/mol. The molecule has 0 amide bonds. The van der Waals surface area contributed by atoms with Crippen LogP contribution < -0.4 is 0 Å². The van der Waals surface area contributed by atoms with Gasteiger partial charge in [-0.1, -0.05) is 127 Å². The molecule has 8 aromatic carbocycles. The second kappa shape index (κ2) is 11.9. The Morgan fingerprint density at radius 2 is 0.964 bits per heavy atom. The van der Waals surface area contributed by atoms with E-state index in [9.17, 15) is 0 Å². The molecule has 56 heavy (non-hydrogen) atoms. The van der Waals surface area contributed by atoms with Gasteiger partial charge in [-0.3, -0.25) is 4.57 Å². The Balaban J connectivity index is 1.11. The van der Waals surface area contributed by atoms with Gasteiger partial charge in [-0.05, 0) is 60.7 Å². The van der Waals surface area contributed by atoms with E-state index < -0.39 is 0 Å². The van der Waals surface area contributed by atoms with Crippen molar-refractivity contribution in [1.29, 1.82) is 0 Å². The molecule has 12 aromatic rings. The first-order valence-corrected chi connectivity index (χ1v) is 18.8. The Hall–Kier alpha value is -7.70. The van der Waals surface area contributed by atoms with E-state index in [1.54, 1.807) is 0 Å². The number of nitrogens with zero attached hydrogens (tertiary/aromatic N) is 5. The highest BCUT2D eigenvalue weighted by Crippen LogP contribution is 2.42. The van der Waals surface area contributed by atoms with E-state index in [0.717, 1.165) is 100 Å². The molecule has 0 N–H and O–H groups in total. The van der Waals surface area contributed by atoms with Gasteiger partial charge in [0.05, 0.1) is 22.1 Å². The Morgan fingerprint density at radius 1 is 0.375 bits per heavy atom. The van der Waals surface area contributed by atoms with Crippen LogP contribution >= 0.6 is 0 Å². The van der Waals surface area contributed by atoms with Gasteiger partial charge in [-0.15, -0.1) is 10.2 Å². The minimum absolute atomic E-state index is 0.789. The summed E-state index contributed by atoms with van der Waals surface area (Å²) in [4.78, 5) is 0. The van der Waals surface area contributed by atoms with Crippen LogP contribution in [-0.2, 0) is 0 Å². The fourth-order valence-electron chi connectivity index (χ4n) is 8.81. The predicted molar refractivity (Wildman–Crippen MR) is 228 cm³/mol. The minimum atomic E-state index is 0.789. The summed E-state index contributed by atoms with van der Waals surface area (Å²) in [6.07, 6.45) is 0. The topological polar surface area (TPSA) is 53.7 Å². The van der Waals surface area contributed by atoms with Crippen LogP contribution in [-0.4, -0.2) is 23.9 Å². The van der Waals surface area contributed by atoms with Gasteiger partial charge in [-0.2, -0.15) is 0 Å². The van der Waals surface area contributed by atoms with Crippen LogP contribution in [0.15, 0.2) is 192 Å². The Bertz CT molecular complexity index is 3480. The number of aromatic nitrogens is 5. The molecular weight excluding hydrogens is 687 g/mol. The molecule has 6 heteroatoms. The monoisotopic (exact) mass is 717 g/mol. The van der Waals surface area contributed by atoms with Crippen LogP contribution in [0.1, 0.15) is 0 Å². The van der Waals surface area contributed by atoms with Crippen molar-refractivity contribution in [2.24, 2.45) is 0 Å². The molecule has 0 atom stereocenters. The van der Waals surface area contributed by atoms with Gasteiger partial charge >= 0.3 is 0 Å². The van der Waals surface area contributed by atoms with Crippen molar-refractivity contribution in [3.05, 3.63) is 188 Å². The van der Waals surface area contributed by atoms with Crippen LogP contribution in [0.25, 0.3) is 105 Å². The smallest absolute Gasteiger partial charge is 0.169 e. The maximum absolute atomic E-state index is 6.66. The Kier molecular flexibility index (Phi) is 6.53. The third kappa shape index (κ3) is 4.38. The molecule has 0 bridgehead atoms. The van der Waals surface area contributed by atoms with Crippen molar-refractivity contribution in [1.82, 2.24) is 23.9 Å². The number of para-hydroxylation sites is 4. The van der Waals surface area contributed by atoms with Crippen molar-refractivity contribution >= 4 is 65.6 Å². The number of hydrogen-bond donors (Lipinski definition) is 0. The maximum Gasteiger partial charge on any atom is 0.169 e. The summed E-state index contributed by atoms with van der Waals surface area (Å²) in [5.74, 6) is 1.59. The van der Waals surface area contributed by atoms with Gasteiger partial charge in [0.15, 0.2) is 17.2 Å². The first-order valence-electron chi connectivity index (χ1n) is 18.8. The molecule has 0 aliphatic carbocycles. The molecule has 0 saturated carbocycles. The molecule has 262 valence electrons. The highest BCUT2D eigenvalue weighted by Gasteiger charge is 2.23. The summed E-state index contributed by atoms with van der Waals surface area (Å²) >= 11 is 0. The van der Waals surface area contributed by atoms with E-state index in [4.69, 9.17) is 14.6 Å². The van der Waals surface area contributed by atoms with Crippen molar-refractivity contribution < 1.29 is 4.42 Å². The maximum atomic E-state index is 6.66. The van der Waals surface area contributed by atoms with Crippen LogP contribution in [0.3, 0.4) is 0 Å². The van der Waals surface area contributed by atoms with Gasteiger partial charge in [0.25, 0.3) is 0 Å². The van der Waals surface area contributed by atoms with E-state index in [0.29, 0.717) is 0 Å². The summed E-state index contributed by atoms with van der Waals surface area (Å²) < 4.78 is 13.6. The lowest BCUT2D eigenvalue weighted by Gasteiger charge is -2.13. The van der Waals surface area contributed by atoms with E-state index in [1.807, 2.05) is 30.3 Å². The zero-order chi connectivity index (χ0) is 36.7.